The van der Waals surface area contributed by atoms with Crippen molar-refractivity contribution in [2.24, 2.45) is 0 Å². The van der Waals surface area contributed by atoms with E-state index in [0.717, 1.165) is 21.4 Å². The summed E-state index contributed by atoms with van der Waals surface area (Å²) < 4.78 is 1.67. The van der Waals surface area contributed by atoms with Gasteiger partial charge >= 0.3 is 0 Å². The van der Waals surface area contributed by atoms with Gasteiger partial charge in [-0.2, -0.15) is 0 Å². The summed E-state index contributed by atoms with van der Waals surface area (Å²) in [5.74, 6) is -0.662. The molecule has 0 aliphatic carbocycles. The molecule has 6 rings (SSSR count). The minimum Gasteiger partial charge on any atom is -0.274 e. The number of rotatable bonds is 8. The van der Waals surface area contributed by atoms with E-state index in [9.17, 15) is 9.59 Å². The Labute approximate surface area is 210 Å². The van der Waals surface area contributed by atoms with Crippen LogP contribution in [0.2, 0.25) is 0 Å². The first kappa shape index (κ1) is 22.4. The van der Waals surface area contributed by atoms with Gasteiger partial charge in [-0.3, -0.25) is 29.8 Å². The zero-order valence-corrected chi connectivity index (χ0v) is 19.5. The van der Waals surface area contributed by atoms with E-state index < -0.39 is 0 Å². The number of carbonyl (C=O) groups excluding carboxylic acids is 2. The molecule has 11 nitrogen and oxygen atoms in total. The van der Waals surface area contributed by atoms with E-state index in [-0.39, 0.29) is 25.0 Å². The average Bonchev–Trinajstić information content (AvgIpc) is 3.44. The van der Waals surface area contributed by atoms with Gasteiger partial charge in [0.25, 0.3) is 11.8 Å². The van der Waals surface area contributed by atoms with Crippen molar-refractivity contribution in [1.29, 1.82) is 0 Å². The molecule has 0 saturated heterocycles. The van der Waals surface area contributed by atoms with Gasteiger partial charge in [0, 0.05) is 11.6 Å². The van der Waals surface area contributed by atoms with Crippen LogP contribution in [-0.2, 0) is 11.4 Å². The zero-order chi connectivity index (χ0) is 25.4. The highest BCUT2D eigenvalue weighted by atomic mass is 16.6. The number of fused-ring (bicyclic) bond motifs is 3. The van der Waals surface area contributed by atoms with Crippen molar-refractivity contribution in [3.05, 3.63) is 96.0 Å². The monoisotopic (exact) mass is 492 g/mol. The van der Waals surface area contributed by atoms with Crippen LogP contribution in [0.25, 0.3) is 27.9 Å². The van der Waals surface area contributed by atoms with Gasteiger partial charge < -0.3 is 0 Å². The highest BCUT2D eigenvalue weighted by Gasteiger charge is 2.34. The molecule has 0 spiro atoms. The molecule has 4 heterocycles. The molecule has 0 saturated carbocycles. The summed E-state index contributed by atoms with van der Waals surface area (Å²) in [6.07, 6.45) is 3.28. The van der Waals surface area contributed by atoms with Crippen molar-refractivity contribution in [3.63, 3.8) is 0 Å². The average molecular weight is 492 g/mol. The molecule has 1 aliphatic heterocycles. The second kappa shape index (κ2) is 9.21. The van der Waals surface area contributed by atoms with Gasteiger partial charge in [-0.1, -0.05) is 36.1 Å². The number of hydrogen-bond acceptors (Lipinski definition) is 9. The summed E-state index contributed by atoms with van der Waals surface area (Å²) >= 11 is 0. The van der Waals surface area contributed by atoms with Crippen LogP contribution >= 0.6 is 0 Å². The number of amides is 2. The first-order chi connectivity index (χ1) is 18.1. The number of imide groups is 1. The van der Waals surface area contributed by atoms with Gasteiger partial charge in [-0.25, -0.2) is 14.6 Å². The third-order valence-electron chi connectivity index (χ3n) is 6.03. The lowest BCUT2D eigenvalue weighted by atomic mass is 10.1. The quantitative estimate of drug-likeness (QED) is 0.197. The van der Waals surface area contributed by atoms with E-state index in [4.69, 9.17) is 4.84 Å². The van der Waals surface area contributed by atoms with E-state index in [1.54, 1.807) is 35.1 Å². The third kappa shape index (κ3) is 4.17. The number of aromatic nitrogens is 6. The molecule has 0 atom stereocenters. The van der Waals surface area contributed by atoms with Crippen LogP contribution < -0.4 is 5.48 Å². The van der Waals surface area contributed by atoms with E-state index in [0.29, 0.717) is 40.4 Å². The molecule has 0 bridgehead atoms. The molecule has 37 heavy (non-hydrogen) atoms. The van der Waals surface area contributed by atoms with Gasteiger partial charge in [0.15, 0.2) is 5.65 Å². The Kier molecular flexibility index (Phi) is 5.58. The summed E-state index contributed by atoms with van der Waals surface area (Å²) in [7, 11) is 0. The molecule has 1 aliphatic rings. The van der Waals surface area contributed by atoms with E-state index in [2.05, 4.69) is 43.4 Å². The van der Waals surface area contributed by atoms with Crippen LogP contribution in [0.4, 0.5) is 0 Å². The molecule has 0 fully saturated rings. The number of hydrogen-bond donors (Lipinski definition) is 1. The summed E-state index contributed by atoms with van der Waals surface area (Å²) in [6.45, 7) is 4.57. The topological polar surface area (TPSA) is 128 Å². The van der Waals surface area contributed by atoms with Gasteiger partial charge in [0.05, 0.1) is 48.2 Å². The number of nitrogens with one attached hydrogen (secondary N) is 1. The zero-order valence-electron chi connectivity index (χ0n) is 19.5. The Hall–Kier alpha value is -5.03. The van der Waals surface area contributed by atoms with E-state index >= 15 is 0 Å². The molecule has 3 aromatic heterocycles. The Morgan fingerprint density at radius 1 is 1.00 bits per heavy atom. The molecular weight excluding hydrogens is 472 g/mol. The van der Waals surface area contributed by atoms with Crippen LogP contribution in [-0.4, -0.2) is 59.8 Å². The SMILES string of the molecule is C=C(NOCCN1C(=O)c2ccccc2C1=O)c1cnc2nnn(Cc3ccc4ncccc4c3)c2n1. The minimum atomic E-state index is -0.331. The summed E-state index contributed by atoms with van der Waals surface area (Å²) in [5.41, 5.74) is 7.17. The van der Waals surface area contributed by atoms with Gasteiger partial charge in [-0.15, -0.1) is 5.10 Å². The summed E-state index contributed by atoms with van der Waals surface area (Å²) in [6, 6.07) is 16.7. The summed E-state index contributed by atoms with van der Waals surface area (Å²) in [4.78, 5) is 44.8. The number of benzene rings is 2. The Balaban J connectivity index is 1.10. The fourth-order valence-electron chi connectivity index (χ4n) is 4.17. The van der Waals surface area contributed by atoms with Crippen LogP contribution in [0.15, 0.2) is 73.6 Å². The molecule has 5 aromatic rings. The van der Waals surface area contributed by atoms with Crippen LogP contribution in [0.1, 0.15) is 32.0 Å². The molecule has 0 unspecified atom stereocenters. The summed E-state index contributed by atoms with van der Waals surface area (Å²) in [5, 5.41) is 9.34. The smallest absolute Gasteiger partial charge is 0.261 e. The molecule has 182 valence electrons. The van der Waals surface area contributed by atoms with Gasteiger partial charge in [-0.05, 0) is 35.9 Å². The Morgan fingerprint density at radius 3 is 2.62 bits per heavy atom. The minimum absolute atomic E-state index is 0.0659. The lowest BCUT2D eigenvalue weighted by Gasteiger charge is -2.14. The first-order valence-electron chi connectivity index (χ1n) is 11.5. The van der Waals surface area contributed by atoms with Crippen molar-refractivity contribution in [2.75, 3.05) is 13.2 Å². The number of hydroxylamine groups is 1. The second-order valence-corrected chi connectivity index (χ2v) is 8.42. The Bertz CT molecular complexity index is 1660. The fourth-order valence-corrected chi connectivity index (χ4v) is 4.17. The lowest BCUT2D eigenvalue weighted by Crippen LogP contribution is -2.34. The highest BCUT2D eigenvalue weighted by Crippen LogP contribution is 2.22. The van der Waals surface area contributed by atoms with Crippen LogP contribution in [0.3, 0.4) is 0 Å². The predicted molar refractivity (Wildman–Crippen MR) is 134 cm³/mol. The Morgan fingerprint density at radius 2 is 1.81 bits per heavy atom. The normalized spacial score (nSPS) is 12.9. The van der Waals surface area contributed by atoms with Crippen LogP contribution in [0, 0.1) is 0 Å². The predicted octanol–water partition coefficient (Wildman–Crippen LogP) is 2.61. The largest absolute Gasteiger partial charge is 0.274 e. The van der Waals surface area contributed by atoms with Crippen molar-refractivity contribution < 1.29 is 14.4 Å². The van der Waals surface area contributed by atoms with E-state index in [1.165, 1.54) is 6.20 Å². The maximum absolute atomic E-state index is 12.5. The molecular formula is C26H20N8O3. The number of nitrogens with zero attached hydrogens (tertiary/aromatic N) is 7. The second-order valence-electron chi connectivity index (χ2n) is 8.42. The molecule has 11 heteroatoms. The van der Waals surface area contributed by atoms with Gasteiger partial charge in [0.1, 0.15) is 5.69 Å². The van der Waals surface area contributed by atoms with Crippen molar-refractivity contribution in [2.45, 2.75) is 6.54 Å². The van der Waals surface area contributed by atoms with Gasteiger partial charge in [0.2, 0.25) is 5.65 Å². The maximum atomic E-state index is 12.5. The molecule has 1 N–H and O–H groups in total. The van der Waals surface area contributed by atoms with Crippen molar-refractivity contribution in [3.8, 4) is 0 Å². The maximum Gasteiger partial charge on any atom is 0.261 e. The standard InChI is InChI=1S/C26H20N8O3/c1-16(31-37-12-11-33-25(35)19-6-2-3-7-20(19)26(33)36)22-14-28-23-24(29-22)34(32-30-23)15-17-8-9-21-18(13-17)5-4-10-27-21/h2-10,13-14,31H,1,11-12,15H2. The number of pyridine rings is 1. The van der Waals surface area contributed by atoms with Crippen molar-refractivity contribution >= 4 is 39.7 Å². The highest BCUT2D eigenvalue weighted by molar-refractivity contribution is 6.21. The molecule has 2 aromatic carbocycles. The third-order valence-corrected chi connectivity index (χ3v) is 6.03. The molecule has 0 radical (unpaired) electrons. The van der Waals surface area contributed by atoms with Crippen LogP contribution in [0.5, 0.6) is 0 Å². The lowest BCUT2D eigenvalue weighted by molar-refractivity contribution is 0.0444. The van der Waals surface area contributed by atoms with Crippen molar-refractivity contribution in [1.82, 2.24) is 40.3 Å². The first-order valence-corrected chi connectivity index (χ1v) is 11.5. The fraction of sp³-hybridized carbons (Fsp3) is 0.115. The van der Waals surface area contributed by atoms with E-state index in [1.807, 2.05) is 24.3 Å². The molecule has 2 amide bonds. The number of carbonyl (C=O) groups is 2.